The van der Waals surface area contributed by atoms with Crippen molar-refractivity contribution in [2.45, 2.75) is 19.5 Å². The summed E-state index contributed by atoms with van der Waals surface area (Å²) in [4.78, 5) is 3.85. The zero-order chi connectivity index (χ0) is 16.4. The molecule has 4 nitrogen and oxygen atoms in total. The number of ether oxygens (including phenoxy) is 1. The van der Waals surface area contributed by atoms with Gasteiger partial charge in [-0.15, -0.1) is 0 Å². The average Bonchev–Trinajstić information content (AvgIpc) is 2.44. The molecule has 0 aliphatic rings. The Kier molecular flexibility index (Phi) is 7.87. The summed E-state index contributed by atoms with van der Waals surface area (Å²) >= 11 is 5.94. The number of rotatable bonds is 7. The predicted molar refractivity (Wildman–Crippen MR) is 81.6 cm³/mol. The topological polar surface area (TPSA) is 45.7 Å². The lowest BCUT2D eigenvalue weighted by Gasteiger charge is -2.13. The molecule has 0 spiro atoms. The van der Waals surface area contributed by atoms with E-state index in [1.807, 2.05) is 6.92 Å². The van der Waals surface area contributed by atoms with Crippen molar-refractivity contribution in [1.82, 2.24) is 10.6 Å². The van der Waals surface area contributed by atoms with Gasteiger partial charge >= 0.3 is 6.18 Å². The molecule has 1 aromatic carbocycles. The summed E-state index contributed by atoms with van der Waals surface area (Å²) in [6.07, 6.45) is -5.15. The molecule has 1 aromatic rings. The first-order valence-electron chi connectivity index (χ1n) is 6.88. The van der Waals surface area contributed by atoms with Crippen LogP contribution in [0.2, 0.25) is 5.02 Å². The highest BCUT2D eigenvalue weighted by molar-refractivity contribution is 6.32. The van der Waals surface area contributed by atoms with Crippen molar-refractivity contribution in [3.63, 3.8) is 0 Å². The monoisotopic (exact) mass is 337 g/mol. The van der Waals surface area contributed by atoms with Crippen LogP contribution < -0.4 is 15.4 Å². The van der Waals surface area contributed by atoms with Crippen molar-refractivity contribution in [3.8, 4) is 5.75 Å². The number of benzene rings is 1. The van der Waals surface area contributed by atoms with Gasteiger partial charge < -0.3 is 15.4 Å². The van der Waals surface area contributed by atoms with Gasteiger partial charge in [0.05, 0.1) is 24.5 Å². The quantitative estimate of drug-likeness (QED) is 0.456. The normalized spacial score (nSPS) is 12.1. The molecular formula is C14H19ClF3N3O. The van der Waals surface area contributed by atoms with Crippen molar-refractivity contribution < 1.29 is 17.9 Å². The minimum atomic E-state index is -4.20. The summed E-state index contributed by atoms with van der Waals surface area (Å²) in [6.45, 7) is 2.78. The van der Waals surface area contributed by atoms with E-state index in [-0.39, 0.29) is 6.54 Å². The molecule has 1 rings (SSSR count). The number of guanidine groups is 1. The summed E-state index contributed by atoms with van der Waals surface area (Å²) in [7, 11) is 0. The summed E-state index contributed by atoms with van der Waals surface area (Å²) in [5.74, 6) is 0.888. The third-order valence-corrected chi connectivity index (χ3v) is 2.81. The van der Waals surface area contributed by atoms with E-state index in [4.69, 9.17) is 16.3 Å². The highest BCUT2D eigenvalue weighted by atomic mass is 35.5. The van der Waals surface area contributed by atoms with Gasteiger partial charge in [-0.05, 0) is 19.1 Å². The Morgan fingerprint density at radius 1 is 1.27 bits per heavy atom. The first-order chi connectivity index (χ1) is 10.4. The average molecular weight is 338 g/mol. The van der Waals surface area contributed by atoms with Gasteiger partial charge in [0.2, 0.25) is 0 Å². The molecule has 0 atom stereocenters. The third-order valence-electron chi connectivity index (χ3n) is 2.50. The number of nitrogens with zero attached hydrogens (tertiary/aromatic N) is 1. The lowest BCUT2D eigenvalue weighted by atomic mass is 10.3. The first kappa shape index (κ1) is 18.4. The number of para-hydroxylation sites is 1. The summed E-state index contributed by atoms with van der Waals surface area (Å²) in [6, 6.07) is 7.05. The van der Waals surface area contributed by atoms with Crippen LogP contribution in [0, 0.1) is 0 Å². The fourth-order valence-electron chi connectivity index (χ4n) is 1.53. The summed E-state index contributed by atoms with van der Waals surface area (Å²) in [5.41, 5.74) is 0. The molecule has 0 unspecified atom stereocenters. The lowest BCUT2D eigenvalue weighted by molar-refractivity contribution is -0.132. The van der Waals surface area contributed by atoms with Gasteiger partial charge in [-0.2, -0.15) is 13.2 Å². The van der Waals surface area contributed by atoms with Crippen LogP contribution in [0.15, 0.2) is 29.3 Å². The Morgan fingerprint density at radius 2 is 2.00 bits per heavy atom. The Bertz CT molecular complexity index is 481. The van der Waals surface area contributed by atoms with E-state index < -0.39 is 12.6 Å². The van der Waals surface area contributed by atoms with Crippen molar-refractivity contribution >= 4 is 17.6 Å². The standard InChI is InChI=1S/C14H19ClF3N3O/c1-2-19-13(20-8-7-14(16,17)18)21-9-10-22-12-6-4-3-5-11(12)15/h3-6H,2,7-10H2,1H3,(H2,19,20,21). The number of hydrogen-bond donors (Lipinski definition) is 2. The molecule has 8 heteroatoms. The summed E-state index contributed by atoms with van der Waals surface area (Å²) < 4.78 is 41.7. The molecule has 0 aromatic heterocycles. The second-order valence-corrected chi connectivity index (χ2v) is 4.74. The number of alkyl halides is 3. The number of hydrogen-bond acceptors (Lipinski definition) is 2. The van der Waals surface area contributed by atoms with Crippen LogP contribution in [-0.2, 0) is 0 Å². The van der Waals surface area contributed by atoms with E-state index >= 15 is 0 Å². The second kappa shape index (κ2) is 9.40. The highest BCUT2D eigenvalue weighted by Crippen LogP contribution is 2.22. The van der Waals surface area contributed by atoms with Gasteiger partial charge in [-0.3, -0.25) is 4.99 Å². The number of aliphatic imine (C=N–C) groups is 1. The number of nitrogens with one attached hydrogen (secondary N) is 2. The van der Waals surface area contributed by atoms with Crippen LogP contribution in [0.4, 0.5) is 13.2 Å². The Balaban J connectivity index is 2.35. The maximum absolute atomic E-state index is 12.1. The smallest absolute Gasteiger partial charge is 0.390 e. The molecular weight excluding hydrogens is 319 g/mol. The van der Waals surface area contributed by atoms with Gasteiger partial charge in [-0.25, -0.2) is 0 Å². The lowest BCUT2D eigenvalue weighted by Crippen LogP contribution is -2.39. The highest BCUT2D eigenvalue weighted by Gasteiger charge is 2.26. The van der Waals surface area contributed by atoms with Gasteiger partial charge in [0.1, 0.15) is 12.4 Å². The Morgan fingerprint density at radius 3 is 2.64 bits per heavy atom. The largest absolute Gasteiger partial charge is 0.490 e. The van der Waals surface area contributed by atoms with E-state index in [0.717, 1.165) is 0 Å². The first-order valence-corrected chi connectivity index (χ1v) is 7.26. The van der Waals surface area contributed by atoms with Crippen LogP contribution in [0.3, 0.4) is 0 Å². The third kappa shape index (κ3) is 7.97. The fraction of sp³-hybridized carbons (Fsp3) is 0.500. The predicted octanol–water partition coefficient (Wildman–Crippen LogP) is 3.23. The van der Waals surface area contributed by atoms with Crippen LogP contribution in [-0.4, -0.2) is 38.4 Å². The molecule has 0 saturated carbocycles. The van der Waals surface area contributed by atoms with Crippen molar-refractivity contribution in [3.05, 3.63) is 29.3 Å². The SMILES string of the molecule is CCNC(=NCCC(F)(F)F)NCCOc1ccccc1Cl. The van der Waals surface area contributed by atoms with Crippen molar-refractivity contribution in [2.75, 3.05) is 26.2 Å². The second-order valence-electron chi connectivity index (χ2n) is 4.33. The number of halogens is 4. The van der Waals surface area contributed by atoms with Crippen LogP contribution >= 0.6 is 11.6 Å². The zero-order valence-electron chi connectivity index (χ0n) is 12.2. The maximum Gasteiger partial charge on any atom is 0.390 e. The van der Waals surface area contributed by atoms with E-state index in [0.29, 0.717) is 36.4 Å². The minimum Gasteiger partial charge on any atom is -0.490 e. The Labute approximate surface area is 132 Å². The molecule has 0 fully saturated rings. The van der Waals surface area contributed by atoms with Gasteiger partial charge in [0, 0.05) is 6.54 Å². The molecule has 0 heterocycles. The fourth-order valence-corrected chi connectivity index (χ4v) is 1.72. The molecule has 0 radical (unpaired) electrons. The zero-order valence-corrected chi connectivity index (χ0v) is 13.0. The molecule has 0 amide bonds. The molecule has 0 aliphatic carbocycles. The van der Waals surface area contributed by atoms with E-state index in [1.54, 1.807) is 24.3 Å². The molecule has 0 aliphatic heterocycles. The van der Waals surface area contributed by atoms with Crippen LogP contribution in [0.5, 0.6) is 5.75 Å². The van der Waals surface area contributed by atoms with Crippen molar-refractivity contribution in [1.29, 1.82) is 0 Å². The van der Waals surface area contributed by atoms with Crippen LogP contribution in [0.25, 0.3) is 0 Å². The minimum absolute atomic E-state index is 0.313. The summed E-state index contributed by atoms with van der Waals surface area (Å²) in [5, 5.41) is 6.28. The van der Waals surface area contributed by atoms with E-state index in [2.05, 4.69) is 15.6 Å². The van der Waals surface area contributed by atoms with Gasteiger partial charge in [0.25, 0.3) is 0 Å². The van der Waals surface area contributed by atoms with Crippen molar-refractivity contribution in [2.24, 2.45) is 4.99 Å². The maximum atomic E-state index is 12.1. The van der Waals surface area contributed by atoms with Crippen LogP contribution in [0.1, 0.15) is 13.3 Å². The molecule has 0 saturated heterocycles. The molecule has 22 heavy (non-hydrogen) atoms. The molecule has 0 bridgehead atoms. The Hall–Kier alpha value is -1.63. The van der Waals surface area contributed by atoms with Gasteiger partial charge in [0.15, 0.2) is 5.96 Å². The van der Waals surface area contributed by atoms with E-state index in [9.17, 15) is 13.2 Å². The van der Waals surface area contributed by atoms with E-state index in [1.165, 1.54) is 0 Å². The van der Waals surface area contributed by atoms with Gasteiger partial charge in [-0.1, -0.05) is 23.7 Å². The molecule has 2 N–H and O–H groups in total. The molecule has 124 valence electrons.